The molecule has 0 atom stereocenters. The number of nitrogens with zero attached hydrogens (tertiary/aromatic N) is 2. The van der Waals surface area contributed by atoms with Crippen molar-refractivity contribution in [2.45, 2.75) is 18.3 Å². The molecule has 1 heterocycles. The lowest BCUT2D eigenvalue weighted by Crippen LogP contribution is -2.46. The molecule has 1 fully saturated rings. The Bertz CT molecular complexity index is 775. The van der Waals surface area contributed by atoms with Crippen molar-refractivity contribution in [3.8, 4) is 11.8 Å². The van der Waals surface area contributed by atoms with Crippen molar-refractivity contribution < 1.29 is 9.53 Å². The molecule has 2 aromatic rings. The van der Waals surface area contributed by atoms with E-state index in [0.29, 0.717) is 37.4 Å². The summed E-state index contributed by atoms with van der Waals surface area (Å²) in [6.07, 6.45) is 1.26. The van der Waals surface area contributed by atoms with Gasteiger partial charge < -0.3 is 15.0 Å². The summed E-state index contributed by atoms with van der Waals surface area (Å²) in [5.41, 5.74) is 1.17. The summed E-state index contributed by atoms with van der Waals surface area (Å²) in [5, 5.41) is 12.6. The summed E-state index contributed by atoms with van der Waals surface area (Å²) in [7, 11) is 1.58. The lowest BCUT2D eigenvalue weighted by atomic mass is 9.74. The number of anilines is 1. The largest absolute Gasteiger partial charge is 0.495 e. The third-order valence-electron chi connectivity index (χ3n) is 4.79. The Morgan fingerprint density at radius 2 is 1.76 bits per heavy atom. The van der Waals surface area contributed by atoms with Crippen LogP contribution in [0.3, 0.4) is 0 Å². The zero-order valence-corrected chi connectivity index (χ0v) is 14.2. The van der Waals surface area contributed by atoms with Crippen molar-refractivity contribution in [3.63, 3.8) is 0 Å². The molecule has 0 unspecified atom stereocenters. The van der Waals surface area contributed by atoms with E-state index in [-0.39, 0.29) is 6.03 Å². The van der Waals surface area contributed by atoms with Crippen LogP contribution in [0.4, 0.5) is 10.5 Å². The van der Waals surface area contributed by atoms with E-state index in [1.807, 2.05) is 54.6 Å². The second-order valence-corrected chi connectivity index (χ2v) is 6.18. The summed E-state index contributed by atoms with van der Waals surface area (Å²) in [6, 6.07) is 19.5. The first-order valence-electron chi connectivity index (χ1n) is 8.34. The molecule has 0 saturated carbocycles. The first-order valence-corrected chi connectivity index (χ1v) is 8.34. The minimum Gasteiger partial charge on any atom is -0.495 e. The number of methoxy groups -OCH3 is 1. The van der Waals surface area contributed by atoms with Crippen LogP contribution in [-0.4, -0.2) is 31.1 Å². The molecule has 2 amide bonds. The molecule has 0 spiro atoms. The summed E-state index contributed by atoms with van der Waals surface area (Å²) in [6.45, 7) is 1.09. The predicted octanol–water partition coefficient (Wildman–Crippen LogP) is 3.78. The van der Waals surface area contributed by atoms with Gasteiger partial charge in [-0.25, -0.2) is 4.79 Å². The maximum Gasteiger partial charge on any atom is 0.321 e. The van der Waals surface area contributed by atoms with E-state index in [0.717, 1.165) is 5.56 Å². The average molecular weight is 335 g/mol. The molecule has 1 saturated heterocycles. The van der Waals surface area contributed by atoms with Gasteiger partial charge in [0.1, 0.15) is 5.75 Å². The summed E-state index contributed by atoms with van der Waals surface area (Å²) >= 11 is 0. The molecule has 25 heavy (non-hydrogen) atoms. The van der Waals surface area contributed by atoms with Crippen molar-refractivity contribution in [1.82, 2.24) is 4.90 Å². The minimum atomic E-state index is -0.511. The molecule has 0 aromatic heterocycles. The lowest BCUT2D eigenvalue weighted by molar-refractivity contribution is 0.183. The van der Waals surface area contributed by atoms with Crippen LogP contribution < -0.4 is 10.1 Å². The lowest BCUT2D eigenvalue weighted by Gasteiger charge is -2.37. The van der Waals surface area contributed by atoms with E-state index in [9.17, 15) is 10.1 Å². The highest BCUT2D eigenvalue weighted by atomic mass is 16.5. The summed E-state index contributed by atoms with van der Waals surface area (Å²) in [5.74, 6) is 0.628. The number of likely N-dealkylation sites (tertiary alicyclic amines) is 1. The number of nitrogens with one attached hydrogen (secondary N) is 1. The molecule has 5 heteroatoms. The standard InChI is InChI=1S/C20H21N3O2/c1-25-18-10-6-5-9-17(18)22-19(24)23-13-11-20(15-21,12-14-23)16-7-3-2-4-8-16/h2-10H,11-14H2,1H3,(H,22,24). The van der Waals surface area contributed by atoms with E-state index < -0.39 is 5.41 Å². The van der Waals surface area contributed by atoms with Gasteiger partial charge in [0.25, 0.3) is 0 Å². The number of hydrogen-bond donors (Lipinski definition) is 1. The van der Waals surface area contributed by atoms with Crippen LogP contribution in [0.25, 0.3) is 0 Å². The number of piperidine rings is 1. The molecule has 2 aromatic carbocycles. The van der Waals surface area contributed by atoms with Crippen LogP contribution in [0.2, 0.25) is 0 Å². The van der Waals surface area contributed by atoms with Crippen LogP contribution in [-0.2, 0) is 5.41 Å². The fraction of sp³-hybridized carbons (Fsp3) is 0.300. The van der Waals surface area contributed by atoms with Gasteiger partial charge in [-0.15, -0.1) is 0 Å². The average Bonchev–Trinajstić information content (AvgIpc) is 2.69. The smallest absolute Gasteiger partial charge is 0.321 e. The fourth-order valence-electron chi connectivity index (χ4n) is 3.26. The van der Waals surface area contributed by atoms with E-state index in [1.165, 1.54) is 0 Å². The molecule has 0 radical (unpaired) electrons. The van der Waals surface area contributed by atoms with Crippen molar-refractivity contribution in [2.75, 3.05) is 25.5 Å². The summed E-state index contributed by atoms with van der Waals surface area (Å²) in [4.78, 5) is 14.3. The van der Waals surface area contributed by atoms with E-state index >= 15 is 0 Å². The molecule has 1 N–H and O–H groups in total. The number of nitriles is 1. The zero-order valence-electron chi connectivity index (χ0n) is 14.2. The molecule has 0 bridgehead atoms. The van der Waals surface area contributed by atoms with Crippen LogP contribution in [0.1, 0.15) is 18.4 Å². The number of benzene rings is 2. The zero-order chi connectivity index (χ0) is 17.7. The summed E-state index contributed by atoms with van der Waals surface area (Å²) < 4.78 is 5.27. The van der Waals surface area contributed by atoms with E-state index in [4.69, 9.17) is 4.74 Å². The van der Waals surface area contributed by atoms with Gasteiger partial charge in [-0.3, -0.25) is 0 Å². The van der Waals surface area contributed by atoms with Gasteiger partial charge in [-0.05, 0) is 30.5 Å². The highest BCUT2D eigenvalue weighted by molar-refractivity contribution is 5.91. The Balaban J connectivity index is 1.68. The number of hydrogen-bond acceptors (Lipinski definition) is 3. The topological polar surface area (TPSA) is 65.4 Å². The maximum atomic E-state index is 12.5. The Morgan fingerprint density at radius 1 is 1.12 bits per heavy atom. The van der Waals surface area contributed by atoms with Crippen molar-refractivity contribution >= 4 is 11.7 Å². The van der Waals surface area contributed by atoms with Crippen LogP contribution in [0.5, 0.6) is 5.75 Å². The normalized spacial score (nSPS) is 15.9. The Morgan fingerprint density at radius 3 is 2.40 bits per heavy atom. The predicted molar refractivity (Wildman–Crippen MR) is 96.6 cm³/mol. The molecule has 0 aliphatic carbocycles. The third-order valence-corrected chi connectivity index (χ3v) is 4.79. The second kappa shape index (κ2) is 7.27. The van der Waals surface area contributed by atoms with E-state index in [1.54, 1.807) is 12.0 Å². The van der Waals surface area contributed by atoms with Gasteiger partial charge in [0, 0.05) is 13.1 Å². The number of urea groups is 1. The van der Waals surface area contributed by atoms with Crippen molar-refractivity contribution in [3.05, 3.63) is 60.2 Å². The fourth-order valence-corrected chi connectivity index (χ4v) is 3.26. The molecule has 1 aliphatic heterocycles. The molecular formula is C20H21N3O2. The van der Waals surface area contributed by atoms with Gasteiger partial charge in [0.2, 0.25) is 0 Å². The van der Waals surface area contributed by atoms with Crippen LogP contribution in [0, 0.1) is 11.3 Å². The maximum absolute atomic E-state index is 12.5. The quantitative estimate of drug-likeness (QED) is 0.928. The molecule has 1 aliphatic rings. The van der Waals surface area contributed by atoms with Crippen LogP contribution in [0.15, 0.2) is 54.6 Å². The minimum absolute atomic E-state index is 0.163. The van der Waals surface area contributed by atoms with Crippen molar-refractivity contribution in [1.29, 1.82) is 5.26 Å². The second-order valence-electron chi connectivity index (χ2n) is 6.18. The van der Waals surface area contributed by atoms with E-state index in [2.05, 4.69) is 11.4 Å². The monoisotopic (exact) mass is 335 g/mol. The Kier molecular flexibility index (Phi) is 4.90. The molecule has 5 nitrogen and oxygen atoms in total. The van der Waals surface area contributed by atoms with Gasteiger partial charge in [-0.2, -0.15) is 5.26 Å². The number of para-hydroxylation sites is 2. The highest BCUT2D eigenvalue weighted by Gasteiger charge is 2.37. The number of rotatable bonds is 3. The first kappa shape index (κ1) is 16.8. The highest BCUT2D eigenvalue weighted by Crippen LogP contribution is 2.35. The van der Waals surface area contributed by atoms with Gasteiger partial charge in [0.15, 0.2) is 0 Å². The van der Waals surface area contributed by atoms with Gasteiger partial charge in [0.05, 0.1) is 24.3 Å². The van der Waals surface area contributed by atoms with Gasteiger partial charge >= 0.3 is 6.03 Å². The molecular weight excluding hydrogens is 314 g/mol. The van der Waals surface area contributed by atoms with Crippen LogP contribution >= 0.6 is 0 Å². The number of ether oxygens (including phenoxy) is 1. The first-order chi connectivity index (χ1) is 12.2. The number of carbonyl (C=O) groups excluding carboxylic acids is 1. The molecule has 3 rings (SSSR count). The SMILES string of the molecule is COc1ccccc1NC(=O)N1CCC(C#N)(c2ccccc2)CC1. The number of amides is 2. The Labute approximate surface area is 147 Å². The Hall–Kier alpha value is -3.00. The van der Waals surface area contributed by atoms with Gasteiger partial charge in [-0.1, -0.05) is 42.5 Å². The van der Waals surface area contributed by atoms with Crippen molar-refractivity contribution in [2.24, 2.45) is 0 Å². The number of carbonyl (C=O) groups is 1. The third kappa shape index (κ3) is 3.43. The molecule has 128 valence electrons.